The van der Waals surface area contributed by atoms with Crippen LogP contribution in [0.15, 0.2) is 46.6 Å². The number of rotatable bonds is 13. The van der Waals surface area contributed by atoms with Crippen molar-refractivity contribution in [3.8, 4) is 0 Å². The summed E-state index contributed by atoms with van der Waals surface area (Å²) < 4.78 is 0. The van der Waals surface area contributed by atoms with Crippen LogP contribution in [0.5, 0.6) is 0 Å². The molecule has 0 saturated heterocycles. The van der Waals surface area contributed by atoms with E-state index in [-0.39, 0.29) is 6.61 Å². The van der Waals surface area contributed by atoms with Crippen molar-refractivity contribution in [3.63, 3.8) is 0 Å². The average Bonchev–Trinajstić information content (AvgIpc) is 2.53. The van der Waals surface area contributed by atoms with Crippen LogP contribution in [0.3, 0.4) is 0 Å². The van der Waals surface area contributed by atoms with Gasteiger partial charge in [-0.1, -0.05) is 46.6 Å². The van der Waals surface area contributed by atoms with Gasteiger partial charge in [0.05, 0.1) is 0 Å². The quantitative estimate of drug-likeness (QED) is 0.410. The molecule has 25 heavy (non-hydrogen) atoms. The second kappa shape index (κ2) is 15.2. The molecule has 144 valence electrons. The molecule has 0 heterocycles. The SMILES string of the molecule is CC(C)=CCC/C(C)=C/CN(C/C=C(\C)CCC=C(C)C)CCCO. The molecular formula is C23H41NO. The normalized spacial score (nSPS) is 12.5. The zero-order valence-corrected chi connectivity index (χ0v) is 17.6. The van der Waals surface area contributed by atoms with E-state index < -0.39 is 0 Å². The Morgan fingerprint density at radius 2 is 1.16 bits per heavy atom. The van der Waals surface area contributed by atoms with Gasteiger partial charge in [0.25, 0.3) is 0 Å². The van der Waals surface area contributed by atoms with Crippen molar-refractivity contribution in [1.82, 2.24) is 4.90 Å². The summed E-state index contributed by atoms with van der Waals surface area (Å²) in [5.41, 5.74) is 5.70. The van der Waals surface area contributed by atoms with Gasteiger partial charge in [-0.3, -0.25) is 4.90 Å². The van der Waals surface area contributed by atoms with E-state index in [1.807, 2.05) is 0 Å². The van der Waals surface area contributed by atoms with E-state index in [9.17, 15) is 0 Å². The highest BCUT2D eigenvalue weighted by atomic mass is 16.3. The van der Waals surface area contributed by atoms with E-state index in [1.54, 1.807) is 0 Å². The Kier molecular flexibility index (Phi) is 14.5. The van der Waals surface area contributed by atoms with Gasteiger partial charge in [0.1, 0.15) is 0 Å². The molecule has 0 radical (unpaired) electrons. The molecule has 0 aliphatic rings. The van der Waals surface area contributed by atoms with Crippen molar-refractivity contribution in [2.45, 2.75) is 73.6 Å². The molecule has 1 N–H and O–H groups in total. The van der Waals surface area contributed by atoms with E-state index in [0.29, 0.717) is 0 Å². The highest BCUT2D eigenvalue weighted by molar-refractivity contribution is 5.05. The first-order valence-corrected chi connectivity index (χ1v) is 9.76. The molecule has 2 heteroatoms. The number of hydrogen-bond donors (Lipinski definition) is 1. The van der Waals surface area contributed by atoms with E-state index in [0.717, 1.165) is 51.7 Å². The number of allylic oxidation sites excluding steroid dienone is 6. The summed E-state index contributed by atoms with van der Waals surface area (Å²) in [4.78, 5) is 2.42. The Balaban J connectivity index is 4.47. The summed E-state index contributed by atoms with van der Waals surface area (Å²) in [6.07, 6.45) is 14.7. The third kappa shape index (κ3) is 16.1. The molecule has 0 bridgehead atoms. The van der Waals surface area contributed by atoms with Crippen molar-refractivity contribution < 1.29 is 5.11 Å². The lowest BCUT2D eigenvalue weighted by Crippen LogP contribution is -2.26. The molecule has 0 aromatic carbocycles. The predicted molar refractivity (Wildman–Crippen MR) is 113 cm³/mol. The molecule has 0 amide bonds. The molecule has 0 fully saturated rings. The van der Waals surface area contributed by atoms with Gasteiger partial charge in [-0.05, 0) is 73.6 Å². The van der Waals surface area contributed by atoms with Crippen LogP contribution in [-0.2, 0) is 0 Å². The van der Waals surface area contributed by atoms with Gasteiger partial charge in [0.15, 0.2) is 0 Å². The van der Waals surface area contributed by atoms with Gasteiger partial charge in [0.2, 0.25) is 0 Å². The van der Waals surface area contributed by atoms with Gasteiger partial charge in [-0.25, -0.2) is 0 Å². The first-order chi connectivity index (χ1) is 11.8. The highest BCUT2D eigenvalue weighted by Gasteiger charge is 2.02. The van der Waals surface area contributed by atoms with Gasteiger partial charge in [-0.15, -0.1) is 0 Å². The maximum atomic E-state index is 9.14. The fourth-order valence-electron chi connectivity index (χ4n) is 2.50. The molecule has 0 saturated carbocycles. The van der Waals surface area contributed by atoms with Gasteiger partial charge in [-0.2, -0.15) is 0 Å². The fourth-order valence-corrected chi connectivity index (χ4v) is 2.50. The first-order valence-electron chi connectivity index (χ1n) is 9.76. The number of aliphatic hydroxyl groups is 1. The summed E-state index contributed by atoms with van der Waals surface area (Å²) in [7, 11) is 0. The summed E-state index contributed by atoms with van der Waals surface area (Å²) in [6, 6.07) is 0. The largest absolute Gasteiger partial charge is 0.396 e. The minimum Gasteiger partial charge on any atom is -0.396 e. The van der Waals surface area contributed by atoms with Gasteiger partial charge in [0, 0.05) is 26.2 Å². The van der Waals surface area contributed by atoms with Crippen LogP contribution in [0.1, 0.15) is 73.6 Å². The number of aliphatic hydroxyl groups excluding tert-OH is 1. The third-order valence-corrected chi connectivity index (χ3v) is 4.21. The second-order valence-electron chi connectivity index (χ2n) is 7.58. The van der Waals surface area contributed by atoms with Gasteiger partial charge >= 0.3 is 0 Å². The molecular weight excluding hydrogens is 306 g/mol. The standard InChI is InChI=1S/C23H41NO/c1-20(2)10-7-12-22(5)14-17-24(16-9-19-25)18-15-23(6)13-8-11-21(3)4/h10-11,14-15,25H,7-9,12-13,16-19H2,1-6H3/b22-14+,23-15+. The lowest BCUT2D eigenvalue weighted by atomic mass is 10.1. The van der Waals surface area contributed by atoms with Crippen LogP contribution in [0.2, 0.25) is 0 Å². The Labute approximate surface area is 157 Å². The van der Waals surface area contributed by atoms with E-state index >= 15 is 0 Å². The van der Waals surface area contributed by atoms with Crippen molar-refractivity contribution in [1.29, 1.82) is 0 Å². The topological polar surface area (TPSA) is 23.5 Å². The molecule has 0 unspecified atom stereocenters. The summed E-state index contributed by atoms with van der Waals surface area (Å²) in [5, 5.41) is 9.14. The van der Waals surface area contributed by atoms with Crippen molar-refractivity contribution in [2.75, 3.05) is 26.2 Å². The third-order valence-electron chi connectivity index (χ3n) is 4.21. The molecule has 2 nitrogen and oxygen atoms in total. The Bertz CT molecular complexity index is 420. The van der Waals surface area contributed by atoms with E-state index in [4.69, 9.17) is 5.11 Å². The molecule has 0 aromatic heterocycles. The van der Waals surface area contributed by atoms with Crippen LogP contribution in [0.4, 0.5) is 0 Å². The summed E-state index contributed by atoms with van der Waals surface area (Å²) in [6.45, 7) is 16.2. The van der Waals surface area contributed by atoms with Crippen molar-refractivity contribution in [2.24, 2.45) is 0 Å². The van der Waals surface area contributed by atoms with Crippen LogP contribution >= 0.6 is 0 Å². The van der Waals surface area contributed by atoms with Crippen LogP contribution in [0.25, 0.3) is 0 Å². The molecule has 0 rings (SSSR count). The average molecular weight is 348 g/mol. The van der Waals surface area contributed by atoms with Crippen molar-refractivity contribution in [3.05, 3.63) is 46.6 Å². The summed E-state index contributed by atoms with van der Waals surface area (Å²) >= 11 is 0. The predicted octanol–water partition coefficient (Wildman–Crippen LogP) is 6.06. The smallest absolute Gasteiger partial charge is 0.0443 e. The zero-order chi connectivity index (χ0) is 19.1. The lowest BCUT2D eigenvalue weighted by molar-refractivity contribution is 0.246. The Morgan fingerprint density at radius 3 is 1.52 bits per heavy atom. The first kappa shape index (κ1) is 23.9. The maximum Gasteiger partial charge on any atom is 0.0443 e. The second-order valence-corrected chi connectivity index (χ2v) is 7.58. The monoisotopic (exact) mass is 347 g/mol. The fraction of sp³-hybridized carbons (Fsp3) is 0.652. The maximum absolute atomic E-state index is 9.14. The van der Waals surface area contributed by atoms with Crippen LogP contribution in [0, 0.1) is 0 Å². The molecule has 0 spiro atoms. The molecule has 0 aliphatic heterocycles. The van der Waals surface area contributed by atoms with E-state index in [2.05, 4.69) is 70.7 Å². The van der Waals surface area contributed by atoms with E-state index in [1.165, 1.54) is 22.3 Å². The minimum absolute atomic E-state index is 0.267. The number of hydrogen-bond acceptors (Lipinski definition) is 2. The van der Waals surface area contributed by atoms with Gasteiger partial charge < -0.3 is 5.11 Å². The Morgan fingerprint density at radius 1 is 0.720 bits per heavy atom. The molecule has 0 atom stereocenters. The summed E-state index contributed by atoms with van der Waals surface area (Å²) in [5.74, 6) is 0. The zero-order valence-electron chi connectivity index (χ0n) is 17.6. The highest BCUT2D eigenvalue weighted by Crippen LogP contribution is 2.09. The Hall–Kier alpha value is -1.12. The van der Waals surface area contributed by atoms with Crippen LogP contribution in [-0.4, -0.2) is 36.2 Å². The number of nitrogens with zero attached hydrogens (tertiary/aromatic N) is 1. The van der Waals surface area contributed by atoms with Crippen LogP contribution < -0.4 is 0 Å². The lowest BCUT2D eigenvalue weighted by Gasteiger charge is -2.19. The molecule has 0 aromatic rings. The minimum atomic E-state index is 0.267. The molecule has 0 aliphatic carbocycles. The van der Waals surface area contributed by atoms with Crippen molar-refractivity contribution >= 4 is 0 Å².